The molecule has 2 aliphatic rings. The summed E-state index contributed by atoms with van der Waals surface area (Å²) in [5.41, 5.74) is 13.3. The number of nitrogens with one attached hydrogen (secondary N) is 1. The molecule has 0 saturated heterocycles. The molecule has 194 valence electrons. The highest BCUT2D eigenvalue weighted by Crippen LogP contribution is 2.44. The van der Waals surface area contributed by atoms with E-state index < -0.39 is 0 Å². The van der Waals surface area contributed by atoms with Crippen LogP contribution in [0.4, 0.5) is 17.2 Å². The fourth-order valence-corrected chi connectivity index (χ4v) is 5.49. The molecule has 3 N–H and O–H groups in total. The lowest BCUT2D eigenvalue weighted by Crippen LogP contribution is -2.19. The van der Waals surface area contributed by atoms with Crippen LogP contribution in [-0.2, 0) is 13.0 Å². The molecule has 0 radical (unpaired) electrons. The number of anilines is 2. The van der Waals surface area contributed by atoms with Gasteiger partial charge in [-0.25, -0.2) is 9.97 Å². The summed E-state index contributed by atoms with van der Waals surface area (Å²) in [4.78, 5) is 18.6. The van der Waals surface area contributed by atoms with Gasteiger partial charge in [-0.1, -0.05) is 53.5 Å². The van der Waals surface area contributed by atoms with Crippen molar-refractivity contribution in [3.63, 3.8) is 0 Å². The third kappa shape index (κ3) is 4.81. The molecule has 7 nitrogen and oxygen atoms in total. The van der Waals surface area contributed by atoms with Crippen LogP contribution in [0.1, 0.15) is 22.5 Å². The highest BCUT2D eigenvalue weighted by atomic mass is 35.5. The number of para-hydroxylation sites is 1. The number of nitrogens with two attached hydrogens (primary N) is 1. The van der Waals surface area contributed by atoms with Gasteiger partial charge in [-0.3, -0.25) is 9.98 Å². The van der Waals surface area contributed by atoms with E-state index in [1.165, 1.54) is 0 Å². The summed E-state index contributed by atoms with van der Waals surface area (Å²) in [7, 11) is 1.59. The van der Waals surface area contributed by atoms with Gasteiger partial charge in [-0.15, -0.1) is 0 Å². The molecule has 2 aromatic heterocycles. The molecule has 6 rings (SSSR count). The van der Waals surface area contributed by atoms with Crippen molar-refractivity contribution in [1.82, 2.24) is 15.0 Å². The molecule has 0 saturated carbocycles. The molecule has 1 aliphatic heterocycles. The number of rotatable bonds is 7. The first-order chi connectivity index (χ1) is 19.1. The standard InChI is InChI=1S/C30H24Cl2N6O/c1-39-26-16-35-29(38-30(26)36-20-8-10-34-11-9-20)19-12-18(13-23-24(31)7-6-17(15-33)27(23)32)28-22(14-19)21-4-2-3-5-25(21)37-28/h2-12,14,16,18H,13,15,33H2,1H3,(H,34,35,36,38). The minimum Gasteiger partial charge on any atom is -0.491 e. The van der Waals surface area contributed by atoms with Crippen LogP contribution in [0.15, 0.2) is 84.3 Å². The molecule has 0 spiro atoms. The molecule has 0 bridgehead atoms. The highest BCUT2D eigenvalue weighted by molar-refractivity contribution is 6.37. The van der Waals surface area contributed by atoms with Crippen LogP contribution in [0.3, 0.4) is 0 Å². The molecule has 0 amide bonds. The molecule has 2 aromatic carbocycles. The third-order valence-corrected chi connectivity index (χ3v) is 7.65. The van der Waals surface area contributed by atoms with E-state index in [0.717, 1.165) is 44.9 Å². The van der Waals surface area contributed by atoms with Crippen LogP contribution in [0.2, 0.25) is 10.0 Å². The summed E-state index contributed by atoms with van der Waals surface area (Å²) in [6.07, 6.45) is 9.88. The topological polar surface area (TPSA) is 98.3 Å². The van der Waals surface area contributed by atoms with Crippen LogP contribution in [0.25, 0.3) is 11.1 Å². The smallest absolute Gasteiger partial charge is 0.179 e. The molecule has 4 aromatic rings. The van der Waals surface area contributed by atoms with Crippen LogP contribution >= 0.6 is 23.2 Å². The number of nitrogens with zero attached hydrogens (tertiary/aromatic N) is 4. The number of hydrogen-bond donors (Lipinski definition) is 2. The van der Waals surface area contributed by atoms with Crippen LogP contribution in [0, 0.1) is 5.92 Å². The minimum atomic E-state index is -0.113. The normalized spacial score (nSPS) is 15.6. The molecule has 1 atom stereocenters. The molecule has 9 heteroatoms. The Balaban J connectivity index is 1.45. The Morgan fingerprint density at radius 2 is 1.87 bits per heavy atom. The van der Waals surface area contributed by atoms with E-state index in [9.17, 15) is 0 Å². The second kappa shape index (κ2) is 10.6. The van der Waals surface area contributed by atoms with Gasteiger partial charge < -0.3 is 15.8 Å². The van der Waals surface area contributed by atoms with E-state index in [1.54, 1.807) is 25.7 Å². The second-order valence-corrected chi connectivity index (χ2v) is 9.96. The number of halogens is 2. The largest absolute Gasteiger partial charge is 0.491 e. The average molecular weight is 555 g/mol. The van der Waals surface area contributed by atoms with E-state index in [2.05, 4.69) is 33.5 Å². The summed E-state index contributed by atoms with van der Waals surface area (Å²) in [5, 5.41) is 4.50. The van der Waals surface area contributed by atoms with E-state index in [4.69, 9.17) is 43.6 Å². The first-order valence-electron chi connectivity index (χ1n) is 12.4. The Labute approximate surface area is 236 Å². The van der Waals surface area contributed by atoms with Gasteiger partial charge in [0.2, 0.25) is 0 Å². The van der Waals surface area contributed by atoms with Gasteiger partial charge in [0, 0.05) is 57.3 Å². The number of methoxy groups -OCH3 is 1. The second-order valence-electron chi connectivity index (χ2n) is 9.18. The first kappa shape index (κ1) is 25.2. The Hall–Kier alpha value is -4.04. The molecular formula is C30H24Cl2N6O. The van der Waals surface area contributed by atoms with Crippen molar-refractivity contribution in [2.45, 2.75) is 13.0 Å². The van der Waals surface area contributed by atoms with Gasteiger partial charge in [-0.05, 0) is 47.9 Å². The molecule has 39 heavy (non-hydrogen) atoms. The van der Waals surface area contributed by atoms with Crippen LogP contribution < -0.4 is 15.8 Å². The first-order valence-corrected chi connectivity index (χ1v) is 13.2. The quantitative estimate of drug-likeness (QED) is 0.260. The number of fused-ring (bicyclic) bond motifs is 3. The highest BCUT2D eigenvalue weighted by Gasteiger charge is 2.32. The van der Waals surface area contributed by atoms with Crippen molar-refractivity contribution >= 4 is 57.3 Å². The Bertz CT molecular complexity index is 1670. The molecule has 1 unspecified atom stereocenters. The lowest BCUT2D eigenvalue weighted by atomic mass is 9.82. The van der Waals surface area contributed by atoms with Crippen LogP contribution in [0.5, 0.6) is 5.75 Å². The number of aliphatic imine (C=N–C) groups is 1. The number of benzene rings is 2. The SMILES string of the molecule is COc1cnc(C2=CC(Cc3c(Cl)ccc(CN)c3Cl)C3=Nc4ccccc4C3=C2)nc1Nc1ccncc1. The minimum absolute atomic E-state index is 0.113. The van der Waals surface area contributed by atoms with Crippen molar-refractivity contribution in [3.05, 3.63) is 112 Å². The van der Waals surface area contributed by atoms with Gasteiger partial charge in [0.05, 0.1) is 24.7 Å². The molecule has 1 aliphatic carbocycles. The van der Waals surface area contributed by atoms with Gasteiger partial charge in [-0.2, -0.15) is 0 Å². The zero-order chi connectivity index (χ0) is 26.9. The van der Waals surface area contributed by atoms with Crippen molar-refractivity contribution in [2.24, 2.45) is 16.6 Å². The van der Waals surface area contributed by atoms with Crippen LogP contribution in [-0.4, -0.2) is 27.8 Å². The number of allylic oxidation sites excluding steroid dienone is 4. The predicted octanol–water partition coefficient (Wildman–Crippen LogP) is 6.81. The van der Waals surface area contributed by atoms with Gasteiger partial charge in [0.1, 0.15) is 0 Å². The molecule has 0 fully saturated rings. The lowest BCUT2D eigenvalue weighted by molar-refractivity contribution is 0.413. The van der Waals surface area contributed by atoms with Crippen molar-refractivity contribution in [3.8, 4) is 5.75 Å². The fourth-order valence-electron chi connectivity index (χ4n) is 4.89. The number of hydrogen-bond acceptors (Lipinski definition) is 7. The lowest BCUT2D eigenvalue weighted by Gasteiger charge is -2.23. The molecular weight excluding hydrogens is 531 g/mol. The molecule has 3 heterocycles. The zero-order valence-corrected chi connectivity index (χ0v) is 22.5. The van der Waals surface area contributed by atoms with Crippen molar-refractivity contribution < 1.29 is 4.74 Å². The average Bonchev–Trinajstić information content (AvgIpc) is 3.35. The fraction of sp³-hybridized carbons (Fsp3) is 0.133. The Morgan fingerprint density at radius 3 is 2.67 bits per heavy atom. The Morgan fingerprint density at radius 1 is 1.05 bits per heavy atom. The summed E-state index contributed by atoms with van der Waals surface area (Å²) in [6.45, 7) is 0.333. The zero-order valence-electron chi connectivity index (χ0n) is 21.0. The summed E-state index contributed by atoms with van der Waals surface area (Å²) < 4.78 is 5.53. The Kier molecular flexibility index (Phi) is 6.87. The van der Waals surface area contributed by atoms with Gasteiger partial charge in [0.15, 0.2) is 17.4 Å². The maximum Gasteiger partial charge on any atom is 0.179 e. The van der Waals surface area contributed by atoms with Crippen molar-refractivity contribution in [2.75, 3.05) is 12.4 Å². The van der Waals surface area contributed by atoms with Gasteiger partial charge >= 0.3 is 0 Å². The van der Waals surface area contributed by atoms with E-state index in [0.29, 0.717) is 40.4 Å². The number of ether oxygens (including phenoxy) is 1. The third-order valence-electron chi connectivity index (χ3n) is 6.83. The number of aromatic nitrogens is 3. The maximum absolute atomic E-state index is 6.76. The maximum atomic E-state index is 6.76. The number of pyridine rings is 1. The van der Waals surface area contributed by atoms with E-state index in [1.807, 2.05) is 42.5 Å². The van der Waals surface area contributed by atoms with Crippen molar-refractivity contribution in [1.29, 1.82) is 0 Å². The summed E-state index contributed by atoms with van der Waals surface area (Å²) in [6, 6.07) is 15.6. The predicted molar refractivity (Wildman–Crippen MR) is 157 cm³/mol. The van der Waals surface area contributed by atoms with E-state index >= 15 is 0 Å². The summed E-state index contributed by atoms with van der Waals surface area (Å²) in [5.74, 6) is 1.53. The van der Waals surface area contributed by atoms with Gasteiger partial charge in [0.25, 0.3) is 0 Å². The summed E-state index contributed by atoms with van der Waals surface area (Å²) >= 11 is 13.4. The monoisotopic (exact) mass is 554 g/mol. The van der Waals surface area contributed by atoms with E-state index in [-0.39, 0.29) is 5.92 Å².